The fraction of sp³-hybridized carbons (Fsp3) is 0. The van der Waals surface area contributed by atoms with Gasteiger partial charge in [-0.05, 0) is 29.8 Å². The SMILES string of the molecule is N#C/C(=C\c1ccc(Cl)c([N+](=O)[O-])c1)C(=O)Nc1ccc(F)cc1F. The molecule has 6 nitrogen and oxygen atoms in total. The van der Waals surface area contributed by atoms with Gasteiger partial charge in [0.2, 0.25) is 0 Å². The van der Waals surface area contributed by atoms with Crippen LogP contribution in [0, 0.1) is 33.1 Å². The van der Waals surface area contributed by atoms with Crippen LogP contribution in [0.4, 0.5) is 20.2 Å². The van der Waals surface area contributed by atoms with Gasteiger partial charge in [0, 0.05) is 12.1 Å². The number of amides is 1. The van der Waals surface area contributed by atoms with Crippen LogP contribution < -0.4 is 5.32 Å². The van der Waals surface area contributed by atoms with E-state index in [-0.39, 0.29) is 16.3 Å². The van der Waals surface area contributed by atoms with Gasteiger partial charge in [-0.15, -0.1) is 0 Å². The average Bonchev–Trinajstić information content (AvgIpc) is 2.56. The first-order valence-electron chi connectivity index (χ1n) is 6.64. The third kappa shape index (κ3) is 4.37. The topological polar surface area (TPSA) is 96.0 Å². The Kier molecular flexibility index (Phi) is 5.41. The Hall–Kier alpha value is -3.31. The zero-order chi connectivity index (χ0) is 18.6. The van der Waals surface area contributed by atoms with Crippen LogP contribution in [0.15, 0.2) is 42.0 Å². The van der Waals surface area contributed by atoms with Crippen LogP contribution in [0.2, 0.25) is 5.02 Å². The Morgan fingerprint density at radius 3 is 2.60 bits per heavy atom. The highest BCUT2D eigenvalue weighted by Crippen LogP contribution is 2.26. The van der Waals surface area contributed by atoms with Gasteiger partial charge in [0.15, 0.2) is 0 Å². The molecule has 2 rings (SSSR count). The van der Waals surface area contributed by atoms with Crippen molar-refractivity contribution in [2.75, 3.05) is 5.32 Å². The minimum Gasteiger partial charge on any atom is -0.319 e. The van der Waals surface area contributed by atoms with E-state index in [2.05, 4.69) is 5.32 Å². The van der Waals surface area contributed by atoms with E-state index in [1.165, 1.54) is 12.1 Å². The first kappa shape index (κ1) is 18.0. The molecule has 1 N–H and O–H groups in total. The molecule has 9 heteroatoms. The van der Waals surface area contributed by atoms with Crippen molar-refractivity contribution >= 4 is 35.0 Å². The van der Waals surface area contributed by atoms with Crippen molar-refractivity contribution in [1.29, 1.82) is 5.26 Å². The smallest absolute Gasteiger partial charge is 0.288 e. The highest BCUT2D eigenvalue weighted by atomic mass is 35.5. The van der Waals surface area contributed by atoms with Crippen LogP contribution in [0.25, 0.3) is 6.08 Å². The lowest BCUT2D eigenvalue weighted by molar-refractivity contribution is -0.384. The van der Waals surface area contributed by atoms with E-state index in [1.807, 2.05) is 0 Å². The van der Waals surface area contributed by atoms with Crippen LogP contribution >= 0.6 is 11.6 Å². The molecule has 0 heterocycles. The van der Waals surface area contributed by atoms with E-state index in [4.69, 9.17) is 16.9 Å². The van der Waals surface area contributed by atoms with Crippen molar-refractivity contribution in [3.8, 4) is 6.07 Å². The number of nitro benzene ring substituents is 1. The highest BCUT2D eigenvalue weighted by Gasteiger charge is 2.15. The summed E-state index contributed by atoms with van der Waals surface area (Å²) in [6.45, 7) is 0. The van der Waals surface area contributed by atoms with Crippen molar-refractivity contribution in [3.63, 3.8) is 0 Å². The van der Waals surface area contributed by atoms with Crippen molar-refractivity contribution < 1.29 is 18.5 Å². The van der Waals surface area contributed by atoms with Gasteiger partial charge in [-0.2, -0.15) is 5.26 Å². The van der Waals surface area contributed by atoms with Gasteiger partial charge in [0.1, 0.15) is 28.3 Å². The molecule has 0 saturated heterocycles. The van der Waals surface area contributed by atoms with Crippen LogP contribution in [0.3, 0.4) is 0 Å². The molecular formula is C16H8ClF2N3O3. The van der Waals surface area contributed by atoms with E-state index in [0.717, 1.165) is 24.3 Å². The zero-order valence-corrected chi connectivity index (χ0v) is 13.1. The second-order valence-electron chi connectivity index (χ2n) is 4.72. The van der Waals surface area contributed by atoms with Crippen LogP contribution in [0.5, 0.6) is 0 Å². The van der Waals surface area contributed by atoms with E-state index in [1.54, 1.807) is 6.07 Å². The number of carbonyl (C=O) groups is 1. The summed E-state index contributed by atoms with van der Waals surface area (Å²) in [6, 6.07) is 7.85. The second-order valence-corrected chi connectivity index (χ2v) is 5.12. The molecule has 0 unspecified atom stereocenters. The van der Waals surface area contributed by atoms with Gasteiger partial charge >= 0.3 is 0 Å². The highest BCUT2D eigenvalue weighted by molar-refractivity contribution is 6.32. The number of nitrogens with zero attached hydrogens (tertiary/aromatic N) is 2. The second kappa shape index (κ2) is 7.51. The number of benzene rings is 2. The van der Waals surface area contributed by atoms with E-state index < -0.39 is 33.7 Å². The third-order valence-electron chi connectivity index (χ3n) is 3.02. The van der Waals surface area contributed by atoms with Gasteiger partial charge in [0.05, 0.1) is 10.6 Å². The number of hydrogen-bond acceptors (Lipinski definition) is 4. The lowest BCUT2D eigenvalue weighted by Crippen LogP contribution is -2.14. The molecule has 0 aromatic heterocycles. The van der Waals surface area contributed by atoms with Crippen molar-refractivity contribution in [3.05, 3.63) is 74.3 Å². The number of carbonyl (C=O) groups excluding carboxylic acids is 1. The summed E-state index contributed by atoms with van der Waals surface area (Å²) in [5.74, 6) is -2.78. The quantitative estimate of drug-likeness (QED) is 0.383. The van der Waals surface area contributed by atoms with Crippen LogP contribution in [-0.4, -0.2) is 10.8 Å². The Morgan fingerprint density at radius 1 is 1.28 bits per heavy atom. The predicted molar refractivity (Wildman–Crippen MR) is 86.7 cm³/mol. The molecule has 25 heavy (non-hydrogen) atoms. The Bertz CT molecular complexity index is 939. The summed E-state index contributed by atoms with van der Waals surface area (Å²) in [7, 11) is 0. The molecule has 0 fully saturated rings. The molecule has 1 amide bonds. The maximum Gasteiger partial charge on any atom is 0.288 e. The molecule has 0 radical (unpaired) electrons. The lowest BCUT2D eigenvalue weighted by Gasteiger charge is -2.05. The zero-order valence-electron chi connectivity index (χ0n) is 12.3. The number of anilines is 1. The molecule has 0 spiro atoms. The Morgan fingerprint density at radius 2 is 2.00 bits per heavy atom. The maximum atomic E-state index is 13.5. The number of halogens is 3. The molecule has 2 aromatic rings. The van der Waals surface area contributed by atoms with E-state index in [0.29, 0.717) is 6.07 Å². The van der Waals surface area contributed by atoms with Crippen molar-refractivity contribution in [1.82, 2.24) is 0 Å². The van der Waals surface area contributed by atoms with Gasteiger partial charge in [-0.1, -0.05) is 17.7 Å². The summed E-state index contributed by atoms with van der Waals surface area (Å²) in [5, 5.41) is 22.0. The molecule has 0 bridgehead atoms. The number of rotatable bonds is 4. The molecule has 0 aliphatic heterocycles. The maximum absolute atomic E-state index is 13.5. The Balaban J connectivity index is 2.31. The minimum absolute atomic E-state index is 0.0986. The lowest BCUT2D eigenvalue weighted by atomic mass is 10.1. The number of nitrogens with one attached hydrogen (secondary N) is 1. The number of hydrogen-bond donors (Lipinski definition) is 1. The van der Waals surface area contributed by atoms with Crippen molar-refractivity contribution in [2.45, 2.75) is 0 Å². The normalized spacial score (nSPS) is 10.9. The largest absolute Gasteiger partial charge is 0.319 e. The summed E-state index contributed by atoms with van der Waals surface area (Å²) in [6.07, 6.45) is 1.08. The summed E-state index contributed by atoms with van der Waals surface area (Å²) in [5.41, 5.74) is -0.949. The van der Waals surface area contributed by atoms with Gasteiger partial charge in [-0.3, -0.25) is 14.9 Å². The number of nitro groups is 1. The molecule has 0 aliphatic carbocycles. The standard InChI is InChI=1S/C16H8ClF2N3O3/c17-12-3-1-9(6-15(12)22(24)25)5-10(8-20)16(23)21-14-4-2-11(18)7-13(14)19/h1-7H,(H,21,23)/b10-5+. The minimum atomic E-state index is -1.01. The summed E-state index contributed by atoms with van der Waals surface area (Å²) >= 11 is 5.68. The van der Waals surface area contributed by atoms with Crippen LogP contribution in [-0.2, 0) is 4.79 Å². The molecule has 126 valence electrons. The molecule has 0 saturated carbocycles. The summed E-state index contributed by atoms with van der Waals surface area (Å²) in [4.78, 5) is 22.2. The summed E-state index contributed by atoms with van der Waals surface area (Å²) < 4.78 is 26.4. The van der Waals surface area contributed by atoms with Crippen molar-refractivity contribution in [2.24, 2.45) is 0 Å². The first-order chi connectivity index (χ1) is 11.8. The molecular weight excluding hydrogens is 356 g/mol. The average molecular weight is 364 g/mol. The molecule has 2 aromatic carbocycles. The molecule has 0 atom stereocenters. The monoisotopic (exact) mass is 363 g/mol. The van der Waals surface area contributed by atoms with E-state index in [9.17, 15) is 23.7 Å². The third-order valence-corrected chi connectivity index (χ3v) is 3.34. The first-order valence-corrected chi connectivity index (χ1v) is 7.01. The van der Waals surface area contributed by atoms with Gasteiger partial charge in [-0.25, -0.2) is 8.78 Å². The van der Waals surface area contributed by atoms with Gasteiger partial charge in [0.25, 0.3) is 11.6 Å². The Labute approximate surface area is 145 Å². The predicted octanol–water partition coefficient (Wildman–Crippen LogP) is 4.07. The van der Waals surface area contributed by atoms with E-state index >= 15 is 0 Å². The van der Waals surface area contributed by atoms with Crippen LogP contribution in [0.1, 0.15) is 5.56 Å². The fourth-order valence-electron chi connectivity index (χ4n) is 1.86. The fourth-order valence-corrected chi connectivity index (χ4v) is 2.04. The van der Waals surface area contributed by atoms with Gasteiger partial charge < -0.3 is 5.32 Å². The molecule has 0 aliphatic rings. The number of nitriles is 1.